The van der Waals surface area contributed by atoms with Crippen molar-refractivity contribution in [1.29, 1.82) is 0 Å². The van der Waals surface area contributed by atoms with Gasteiger partial charge in [-0.05, 0) is 63.4 Å². The van der Waals surface area contributed by atoms with Gasteiger partial charge in [-0.15, -0.1) is 0 Å². The van der Waals surface area contributed by atoms with Crippen molar-refractivity contribution < 1.29 is 32.7 Å². The number of aromatic nitrogens is 2. The van der Waals surface area contributed by atoms with Crippen LogP contribution in [0.2, 0.25) is 0 Å². The van der Waals surface area contributed by atoms with Crippen LogP contribution >= 0.6 is 11.8 Å². The molecule has 0 aliphatic carbocycles. The zero-order valence-electron chi connectivity index (χ0n) is 18.3. The maximum absolute atomic E-state index is 13.4. The number of hydrogen-bond acceptors (Lipinski definition) is 7. The van der Waals surface area contributed by atoms with Crippen LogP contribution in [0.5, 0.6) is 0 Å². The van der Waals surface area contributed by atoms with Gasteiger partial charge in [-0.25, -0.2) is 14.8 Å². The monoisotopic (exact) mass is 487 g/mol. The van der Waals surface area contributed by atoms with E-state index in [1.54, 1.807) is 25.7 Å². The second-order valence-corrected chi connectivity index (χ2v) is 9.84. The molecular formula is C20H24F3N5O4S. The maximum atomic E-state index is 13.4. The van der Waals surface area contributed by atoms with Crippen LogP contribution in [0, 0.1) is 5.92 Å². The average molecular weight is 488 g/mol. The summed E-state index contributed by atoms with van der Waals surface area (Å²) < 4.78 is 40.3. The largest absolute Gasteiger partial charge is 0.465 e. The number of hydrogen-bond donors (Lipinski definition) is 2. The highest BCUT2D eigenvalue weighted by Gasteiger charge is 2.36. The number of halogens is 3. The van der Waals surface area contributed by atoms with Crippen molar-refractivity contribution in [3.05, 3.63) is 22.4 Å². The molecule has 2 aliphatic rings. The van der Waals surface area contributed by atoms with Gasteiger partial charge in [-0.1, -0.05) is 0 Å². The van der Waals surface area contributed by atoms with Gasteiger partial charge in [-0.2, -0.15) is 13.2 Å². The SMILES string of the molecule is CC(C)(C)N(CC1CCN(c2nc(C=C3SC(=O)NC3=O)cc(C(F)(F)F)n2)CC1)C(=O)O. The Kier molecular flexibility index (Phi) is 6.91. The van der Waals surface area contributed by atoms with E-state index in [0.29, 0.717) is 44.2 Å². The molecule has 0 unspecified atom stereocenters. The Morgan fingerprint density at radius 2 is 1.91 bits per heavy atom. The lowest BCUT2D eigenvalue weighted by atomic mass is 9.94. The first-order valence-electron chi connectivity index (χ1n) is 10.2. The lowest BCUT2D eigenvalue weighted by Crippen LogP contribution is -2.49. The molecule has 0 spiro atoms. The fourth-order valence-corrected chi connectivity index (χ4v) is 4.25. The predicted octanol–water partition coefficient (Wildman–Crippen LogP) is 3.81. The van der Waals surface area contributed by atoms with E-state index in [4.69, 9.17) is 0 Å². The van der Waals surface area contributed by atoms with Crippen molar-refractivity contribution in [3.8, 4) is 0 Å². The van der Waals surface area contributed by atoms with Crippen LogP contribution in [-0.4, -0.2) is 62.4 Å². The molecule has 0 aromatic carbocycles. The topological polar surface area (TPSA) is 116 Å². The van der Waals surface area contributed by atoms with E-state index in [1.165, 1.54) is 4.90 Å². The molecule has 9 nitrogen and oxygen atoms in total. The molecule has 1 aromatic rings. The Morgan fingerprint density at radius 1 is 1.27 bits per heavy atom. The minimum Gasteiger partial charge on any atom is -0.465 e. The fraction of sp³-hybridized carbons (Fsp3) is 0.550. The number of thioether (sulfide) groups is 1. The molecule has 3 rings (SSSR count). The molecule has 0 saturated carbocycles. The maximum Gasteiger partial charge on any atom is 0.433 e. The number of carbonyl (C=O) groups excluding carboxylic acids is 2. The molecule has 0 bridgehead atoms. The third kappa shape index (κ3) is 6.15. The summed E-state index contributed by atoms with van der Waals surface area (Å²) in [5.74, 6) is -0.773. The fourth-order valence-electron chi connectivity index (χ4n) is 3.58. The van der Waals surface area contributed by atoms with E-state index < -0.39 is 34.6 Å². The number of nitrogens with zero attached hydrogens (tertiary/aromatic N) is 4. The van der Waals surface area contributed by atoms with Crippen LogP contribution in [0.3, 0.4) is 0 Å². The molecule has 0 radical (unpaired) electrons. The van der Waals surface area contributed by atoms with Crippen molar-refractivity contribution >= 4 is 41.0 Å². The highest BCUT2D eigenvalue weighted by Crippen LogP contribution is 2.32. The van der Waals surface area contributed by atoms with Gasteiger partial charge in [0.1, 0.15) is 0 Å². The molecule has 2 fully saturated rings. The molecule has 33 heavy (non-hydrogen) atoms. The number of anilines is 1. The molecular weight excluding hydrogens is 463 g/mol. The lowest BCUT2D eigenvalue weighted by Gasteiger charge is -2.39. The Morgan fingerprint density at radius 3 is 2.39 bits per heavy atom. The number of piperidine rings is 1. The highest BCUT2D eigenvalue weighted by molar-refractivity contribution is 8.18. The first-order chi connectivity index (χ1) is 15.2. The molecule has 2 N–H and O–H groups in total. The van der Waals surface area contributed by atoms with E-state index in [0.717, 1.165) is 12.1 Å². The highest BCUT2D eigenvalue weighted by atomic mass is 32.2. The zero-order chi connectivity index (χ0) is 24.6. The van der Waals surface area contributed by atoms with Gasteiger partial charge in [0, 0.05) is 25.2 Å². The van der Waals surface area contributed by atoms with E-state index in [-0.39, 0.29) is 22.5 Å². The van der Waals surface area contributed by atoms with Crippen molar-refractivity contribution in [2.24, 2.45) is 5.92 Å². The van der Waals surface area contributed by atoms with Crippen molar-refractivity contribution in [1.82, 2.24) is 20.2 Å². The summed E-state index contributed by atoms with van der Waals surface area (Å²) in [4.78, 5) is 45.5. The number of carboxylic acid groups (broad SMARTS) is 1. The zero-order valence-corrected chi connectivity index (χ0v) is 19.1. The summed E-state index contributed by atoms with van der Waals surface area (Å²) in [5, 5.41) is 10.9. The van der Waals surface area contributed by atoms with Gasteiger partial charge >= 0.3 is 12.3 Å². The Bertz CT molecular complexity index is 985. The second-order valence-electron chi connectivity index (χ2n) is 8.82. The third-order valence-electron chi connectivity index (χ3n) is 5.32. The number of amides is 3. The van der Waals surface area contributed by atoms with Gasteiger partial charge in [0.25, 0.3) is 11.1 Å². The molecule has 180 valence electrons. The quantitative estimate of drug-likeness (QED) is 0.616. The van der Waals surface area contributed by atoms with E-state index in [1.807, 2.05) is 5.32 Å². The van der Waals surface area contributed by atoms with Crippen molar-refractivity contribution in [2.75, 3.05) is 24.5 Å². The summed E-state index contributed by atoms with van der Waals surface area (Å²) in [6, 6.07) is 0.730. The van der Waals surface area contributed by atoms with Gasteiger partial charge in [0.2, 0.25) is 5.95 Å². The molecule has 1 aromatic heterocycles. The Balaban J connectivity index is 1.79. The summed E-state index contributed by atoms with van der Waals surface area (Å²) in [6.45, 7) is 6.45. The molecule has 0 atom stereocenters. The summed E-state index contributed by atoms with van der Waals surface area (Å²) in [5.41, 5.74) is -1.85. The molecule has 2 saturated heterocycles. The van der Waals surface area contributed by atoms with Crippen molar-refractivity contribution in [2.45, 2.75) is 45.3 Å². The first kappa shape index (κ1) is 24.8. The minimum absolute atomic E-state index is 0.0487. The molecule has 13 heteroatoms. The van der Waals surface area contributed by atoms with Crippen LogP contribution in [0.25, 0.3) is 6.08 Å². The number of rotatable bonds is 4. The van der Waals surface area contributed by atoms with Gasteiger partial charge < -0.3 is 14.9 Å². The van der Waals surface area contributed by atoms with Gasteiger partial charge in [-0.3, -0.25) is 14.9 Å². The van der Waals surface area contributed by atoms with E-state index in [2.05, 4.69) is 9.97 Å². The number of nitrogens with one attached hydrogen (secondary N) is 1. The van der Waals surface area contributed by atoms with Crippen LogP contribution < -0.4 is 10.2 Å². The van der Waals surface area contributed by atoms with Crippen LogP contribution in [0.1, 0.15) is 45.0 Å². The van der Waals surface area contributed by atoms with Crippen molar-refractivity contribution in [3.63, 3.8) is 0 Å². The summed E-state index contributed by atoms with van der Waals surface area (Å²) in [6.07, 6.45) is -3.49. The summed E-state index contributed by atoms with van der Waals surface area (Å²) in [7, 11) is 0. The van der Waals surface area contributed by atoms with Gasteiger partial charge in [0.15, 0.2) is 5.69 Å². The smallest absolute Gasteiger partial charge is 0.433 e. The molecule has 3 amide bonds. The predicted molar refractivity (Wildman–Crippen MR) is 116 cm³/mol. The average Bonchev–Trinajstić information content (AvgIpc) is 3.01. The van der Waals surface area contributed by atoms with E-state index in [9.17, 15) is 32.7 Å². The number of alkyl halides is 3. The molecule has 2 aliphatic heterocycles. The standard InChI is InChI=1S/C20H24F3N5O4S/c1-19(2,3)28(18(31)32)10-11-4-6-27(7-5-11)16-24-12(9-14(25-16)20(21,22)23)8-13-15(29)26-17(30)33-13/h8-9,11H,4-7,10H2,1-3H3,(H,31,32)(H,26,29,30). The third-order valence-corrected chi connectivity index (χ3v) is 6.14. The first-order valence-corrected chi connectivity index (χ1v) is 11.0. The Labute approximate surface area is 192 Å². The van der Waals surface area contributed by atoms with Gasteiger partial charge in [0.05, 0.1) is 10.6 Å². The minimum atomic E-state index is -4.72. The Hall–Kier alpha value is -2.83. The number of carbonyl (C=O) groups is 3. The van der Waals surface area contributed by atoms with Crippen LogP contribution in [0.4, 0.5) is 28.7 Å². The lowest BCUT2D eigenvalue weighted by molar-refractivity contribution is -0.141. The molecule has 3 heterocycles. The second kappa shape index (κ2) is 9.20. The van der Waals surface area contributed by atoms with Crippen LogP contribution in [-0.2, 0) is 11.0 Å². The normalized spacial score (nSPS) is 19.2. The summed E-state index contributed by atoms with van der Waals surface area (Å²) >= 11 is 0.587. The van der Waals surface area contributed by atoms with Crippen LogP contribution in [0.15, 0.2) is 11.0 Å². The number of imide groups is 1. The van der Waals surface area contributed by atoms with E-state index >= 15 is 0 Å².